The summed E-state index contributed by atoms with van der Waals surface area (Å²) >= 11 is 0. The van der Waals surface area contributed by atoms with Crippen LogP contribution in [0.4, 0.5) is 35.1 Å². The van der Waals surface area contributed by atoms with E-state index in [1.807, 2.05) is 0 Å². The predicted molar refractivity (Wildman–Crippen MR) is 94.9 cm³/mol. The monoisotopic (exact) mass is 479 g/mol. The van der Waals surface area contributed by atoms with E-state index in [0.717, 1.165) is 0 Å². The smallest absolute Gasteiger partial charge is 0.330 e. The Bertz CT molecular complexity index is 501. The number of nitrogens with zero attached hydrogens (tertiary/aromatic N) is 2. The van der Waals surface area contributed by atoms with E-state index in [4.69, 9.17) is 0 Å². The van der Waals surface area contributed by atoms with Gasteiger partial charge in [-0.25, -0.2) is 17.6 Å². The molecule has 6 nitrogen and oxygen atoms in total. The summed E-state index contributed by atoms with van der Waals surface area (Å²) in [5.41, 5.74) is 0. The minimum Gasteiger partial charge on any atom is -0.389 e. The number of ether oxygens (including phenoxy) is 2. The summed E-state index contributed by atoms with van der Waals surface area (Å²) in [6, 6.07) is 0. The average Bonchev–Trinajstić information content (AvgIpc) is 2.59. The third kappa shape index (κ3) is 13.4. The third-order valence-electron chi connectivity index (χ3n) is 4.16. The van der Waals surface area contributed by atoms with Crippen molar-refractivity contribution in [1.82, 2.24) is 4.90 Å². The number of aliphatic hydroxyl groups is 2. The molecule has 0 aromatic heterocycles. The van der Waals surface area contributed by atoms with E-state index in [0.29, 0.717) is 13.1 Å². The minimum atomic E-state index is -4.30. The normalized spacial score (nSPS) is 15.9. The Labute approximate surface area is 175 Å². The summed E-state index contributed by atoms with van der Waals surface area (Å²) in [6.45, 7) is -3.34. The molecule has 0 saturated heterocycles. The first kappa shape index (κ1) is 30.2. The van der Waals surface area contributed by atoms with Crippen molar-refractivity contribution >= 4 is 0 Å². The number of hydrogen-bond donors (Lipinski definition) is 2. The molecule has 14 heteroatoms. The Morgan fingerprint density at radius 1 is 0.839 bits per heavy atom. The second kappa shape index (κ2) is 13.0. The quantitative estimate of drug-likeness (QED) is 0.245. The van der Waals surface area contributed by atoms with Gasteiger partial charge in [0.15, 0.2) is 0 Å². The van der Waals surface area contributed by atoms with Crippen LogP contribution in [0, 0.1) is 0 Å². The first-order valence-electron chi connectivity index (χ1n) is 9.32. The fourth-order valence-electron chi connectivity index (χ4n) is 2.45. The van der Waals surface area contributed by atoms with Crippen molar-refractivity contribution in [3.8, 4) is 0 Å². The van der Waals surface area contributed by atoms with Gasteiger partial charge in [0.25, 0.3) is 0 Å². The molecule has 31 heavy (non-hydrogen) atoms. The molecular weight excluding hydrogens is 448 g/mol. The van der Waals surface area contributed by atoms with Gasteiger partial charge in [0.2, 0.25) is 0 Å². The van der Waals surface area contributed by atoms with Crippen LogP contribution in [-0.2, 0) is 9.47 Å². The molecule has 2 atom stereocenters. The highest BCUT2D eigenvalue weighted by Gasteiger charge is 2.42. The summed E-state index contributed by atoms with van der Waals surface area (Å²) in [7, 11) is 5.01. The van der Waals surface area contributed by atoms with Crippen molar-refractivity contribution in [2.45, 2.75) is 36.9 Å². The Morgan fingerprint density at radius 2 is 1.26 bits per heavy atom. The van der Waals surface area contributed by atoms with E-state index in [-0.39, 0.29) is 17.6 Å². The van der Waals surface area contributed by atoms with Crippen LogP contribution in [0.15, 0.2) is 0 Å². The number of quaternary nitrogens is 1. The SMILES string of the molecule is CN(CC[N+](C)(C)CC(O)COCC(F)(F)C(F)F)CC(O)COCC(F)(F)C(F)F. The largest absolute Gasteiger partial charge is 0.389 e. The van der Waals surface area contributed by atoms with E-state index in [1.165, 1.54) is 0 Å². The summed E-state index contributed by atoms with van der Waals surface area (Å²) in [4.78, 5) is 1.62. The second-order valence-corrected chi connectivity index (χ2v) is 8.07. The van der Waals surface area contributed by atoms with Crippen molar-refractivity contribution in [3.63, 3.8) is 0 Å². The molecule has 0 heterocycles. The van der Waals surface area contributed by atoms with Gasteiger partial charge in [-0.3, -0.25) is 4.90 Å². The van der Waals surface area contributed by atoms with Crippen LogP contribution in [0.2, 0.25) is 0 Å². The van der Waals surface area contributed by atoms with Crippen molar-refractivity contribution in [2.75, 3.05) is 73.7 Å². The molecule has 0 aliphatic carbocycles. The first-order valence-corrected chi connectivity index (χ1v) is 9.32. The Morgan fingerprint density at radius 3 is 1.68 bits per heavy atom. The molecule has 188 valence electrons. The zero-order valence-corrected chi connectivity index (χ0v) is 17.6. The zero-order chi connectivity index (χ0) is 24.5. The molecule has 0 radical (unpaired) electrons. The van der Waals surface area contributed by atoms with Gasteiger partial charge in [-0.2, -0.15) is 17.6 Å². The fraction of sp³-hybridized carbons (Fsp3) is 1.00. The summed E-state index contributed by atoms with van der Waals surface area (Å²) < 4.78 is 108. The summed E-state index contributed by atoms with van der Waals surface area (Å²) in [5, 5.41) is 19.6. The lowest BCUT2D eigenvalue weighted by atomic mass is 10.3. The molecule has 0 fully saturated rings. The van der Waals surface area contributed by atoms with Crippen LogP contribution in [0.3, 0.4) is 0 Å². The Hall–Kier alpha value is -0.800. The van der Waals surface area contributed by atoms with Crippen LogP contribution >= 0.6 is 0 Å². The van der Waals surface area contributed by atoms with Gasteiger partial charge < -0.3 is 24.2 Å². The minimum absolute atomic E-state index is 0.00533. The Balaban J connectivity index is 4.19. The summed E-state index contributed by atoms with van der Waals surface area (Å²) in [5.74, 6) is -8.60. The molecule has 0 aliphatic rings. The standard InChI is InChI=1S/C17H31F8N2O4/c1-26(6-12(28)8-30-10-16(22,23)14(18)19)4-5-27(2,3)7-13(29)9-31-11-17(24,25)15(20)21/h12-15,28-29H,4-11H2,1-3H3/q+1. The van der Waals surface area contributed by atoms with E-state index < -0.39 is 63.3 Å². The van der Waals surface area contributed by atoms with Crippen LogP contribution < -0.4 is 0 Å². The van der Waals surface area contributed by atoms with Crippen LogP contribution in [0.5, 0.6) is 0 Å². The van der Waals surface area contributed by atoms with Crippen molar-refractivity contribution in [3.05, 3.63) is 0 Å². The maximum atomic E-state index is 12.8. The van der Waals surface area contributed by atoms with E-state index >= 15 is 0 Å². The van der Waals surface area contributed by atoms with Gasteiger partial charge in [0.1, 0.15) is 25.9 Å². The molecule has 0 aromatic carbocycles. The highest BCUT2D eigenvalue weighted by Crippen LogP contribution is 2.23. The molecule has 2 unspecified atom stereocenters. The van der Waals surface area contributed by atoms with E-state index in [9.17, 15) is 45.3 Å². The fourth-order valence-corrected chi connectivity index (χ4v) is 2.45. The number of likely N-dealkylation sites (N-methyl/N-ethyl adjacent to an activating group) is 2. The van der Waals surface area contributed by atoms with E-state index in [1.54, 1.807) is 26.0 Å². The molecule has 0 saturated carbocycles. The summed E-state index contributed by atoms with van der Waals surface area (Å²) in [6.07, 6.45) is -10.1. The number of alkyl halides is 8. The molecular formula is C17H31F8N2O4+. The molecule has 0 amide bonds. The van der Waals surface area contributed by atoms with Gasteiger partial charge in [0.05, 0.1) is 40.0 Å². The van der Waals surface area contributed by atoms with Gasteiger partial charge in [-0.1, -0.05) is 0 Å². The maximum absolute atomic E-state index is 12.8. The molecule has 0 rings (SSSR count). The lowest BCUT2D eigenvalue weighted by Crippen LogP contribution is -2.50. The highest BCUT2D eigenvalue weighted by atomic mass is 19.3. The number of halogens is 8. The van der Waals surface area contributed by atoms with Gasteiger partial charge >= 0.3 is 24.7 Å². The number of aliphatic hydroxyl groups excluding tert-OH is 2. The zero-order valence-electron chi connectivity index (χ0n) is 17.6. The second-order valence-electron chi connectivity index (χ2n) is 8.07. The topological polar surface area (TPSA) is 62.2 Å². The third-order valence-corrected chi connectivity index (χ3v) is 4.16. The van der Waals surface area contributed by atoms with Gasteiger partial charge in [-0.05, 0) is 7.05 Å². The first-order chi connectivity index (χ1) is 14.0. The molecule has 0 bridgehead atoms. The maximum Gasteiger partial charge on any atom is 0.330 e. The molecule has 2 N–H and O–H groups in total. The van der Waals surface area contributed by atoms with Crippen molar-refractivity contribution in [1.29, 1.82) is 0 Å². The lowest BCUT2D eigenvalue weighted by Gasteiger charge is -2.33. The predicted octanol–water partition coefficient (Wildman–Crippen LogP) is 1.55. The molecule has 0 aromatic rings. The molecule has 0 spiro atoms. The van der Waals surface area contributed by atoms with Crippen LogP contribution in [0.1, 0.15) is 0 Å². The highest BCUT2D eigenvalue weighted by molar-refractivity contribution is 4.70. The number of rotatable bonds is 17. The van der Waals surface area contributed by atoms with Gasteiger partial charge in [-0.15, -0.1) is 0 Å². The lowest BCUT2D eigenvalue weighted by molar-refractivity contribution is -0.892. The Kier molecular flexibility index (Phi) is 12.7. The number of hydrogen-bond acceptors (Lipinski definition) is 5. The van der Waals surface area contributed by atoms with E-state index in [2.05, 4.69) is 9.47 Å². The van der Waals surface area contributed by atoms with Gasteiger partial charge in [0, 0.05) is 13.1 Å². The van der Waals surface area contributed by atoms with Crippen LogP contribution in [0.25, 0.3) is 0 Å². The van der Waals surface area contributed by atoms with Crippen molar-refractivity contribution < 1.29 is 59.3 Å². The van der Waals surface area contributed by atoms with Crippen LogP contribution in [-0.4, -0.2) is 130 Å². The van der Waals surface area contributed by atoms with Crippen molar-refractivity contribution in [2.24, 2.45) is 0 Å². The average molecular weight is 479 g/mol. The molecule has 0 aliphatic heterocycles.